The van der Waals surface area contributed by atoms with Gasteiger partial charge in [0.15, 0.2) is 9.90 Å². The predicted octanol–water partition coefficient (Wildman–Crippen LogP) is 2.86. The molecule has 0 saturated heterocycles. The number of nitrogens with one attached hydrogen (secondary N) is 1. The van der Waals surface area contributed by atoms with Crippen molar-refractivity contribution in [3.63, 3.8) is 0 Å². The third kappa shape index (κ3) is 1.68. The van der Waals surface area contributed by atoms with Crippen molar-refractivity contribution in [1.82, 2.24) is 14.5 Å². The molecule has 3 aromatic rings. The predicted molar refractivity (Wildman–Crippen MR) is 72.3 cm³/mol. The highest BCUT2D eigenvalue weighted by Crippen LogP contribution is 2.30. The van der Waals surface area contributed by atoms with E-state index in [0.29, 0.717) is 9.90 Å². The van der Waals surface area contributed by atoms with Gasteiger partial charge in [-0.3, -0.25) is 0 Å². The Balaban J connectivity index is 2.22. The van der Waals surface area contributed by atoms with Crippen LogP contribution in [0.3, 0.4) is 0 Å². The monoisotopic (exact) mass is 279 g/mol. The zero-order chi connectivity index (χ0) is 12.7. The van der Waals surface area contributed by atoms with Crippen LogP contribution in [0.15, 0.2) is 24.4 Å². The highest BCUT2D eigenvalue weighted by atomic mass is 32.1. The molecule has 1 aromatic carbocycles. The first-order valence-electron chi connectivity index (χ1n) is 5.13. The topological polar surface area (TPSA) is 63.1 Å². The highest BCUT2D eigenvalue weighted by molar-refractivity contribution is 7.71. The van der Waals surface area contributed by atoms with Crippen molar-refractivity contribution in [3.8, 4) is 16.8 Å². The molecule has 2 N–H and O–H groups in total. The lowest BCUT2D eigenvalue weighted by Gasteiger charge is -1.96. The van der Waals surface area contributed by atoms with E-state index in [4.69, 9.17) is 17.0 Å². The van der Waals surface area contributed by atoms with Crippen LogP contribution in [0.2, 0.25) is 0 Å². The maximum absolute atomic E-state index is 9.72. The molecular formula is C11H9N3O2S2. The fraction of sp³-hybridized carbons (Fsp3) is 0.0909. The van der Waals surface area contributed by atoms with Crippen LogP contribution >= 0.6 is 23.6 Å². The summed E-state index contributed by atoms with van der Waals surface area (Å²) < 4.78 is 8.05. The fourth-order valence-electron chi connectivity index (χ4n) is 1.66. The van der Waals surface area contributed by atoms with Crippen LogP contribution in [0, 0.1) is 4.77 Å². The minimum absolute atomic E-state index is 0.0472. The second-order valence-electron chi connectivity index (χ2n) is 3.62. The van der Waals surface area contributed by atoms with E-state index in [-0.39, 0.29) is 5.88 Å². The summed E-state index contributed by atoms with van der Waals surface area (Å²) in [6.45, 7) is 0. The van der Waals surface area contributed by atoms with Gasteiger partial charge in [0, 0.05) is 0 Å². The highest BCUT2D eigenvalue weighted by Gasteiger charge is 2.11. The lowest BCUT2D eigenvalue weighted by molar-refractivity contribution is 0.415. The van der Waals surface area contributed by atoms with Crippen LogP contribution in [0.4, 0.5) is 0 Å². The average Bonchev–Trinajstić information content (AvgIpc) is 2.91. The number of rotatable bonds is 2. The number of fused-ring (bicyclic) bond motifs is 1. The summed E-state index contributed by atoms with van der Waals surface area (Å²) in [6.07, 6.45) is 1.44. The number of H-pyrrole nitrogens is 1. The molecule has 2 heterocycles. The minimum atomic E-state index is 0.0472. The molecule has 0 fully saturated rings. The Morgan fingerprint density at radius 3 is 3.00 bits per heavy atom. The number of hydrogen-bond donors (Lipinski definition) is 2. The van der Waals surface area contributed by atoms with Gasteiger partial charge in [0.05, 0.1) is 23.5 Å². The second-order valence-corrected chi connectivity index (χ2v) is 5.01. The molecule has 0 saturated carbocycles. The van der Waals surface area contributed by atoms with Crippen LogP contribution in [-0.2, 0) is 0 Å². The molecule has 92 valence electrons. The smallest absolute Gasteiger partial charge is 0.216 e. The van der Waals surface area contributed by atoms with Gasteiger partial charge < -0.3 is 14.8 Å². The van der Waals surface area contributed by atoms with Gasteiger partial charge in [0.2, 0.25) is 5.88 Å². The Kier molecular flexibility index (Phi) is 2.57. The van der Waals surface area contributed by atoms with Gasteiger partial charge in [0.1, 0.15) is 5.75 Å². The SMILES string of the molecule is COc1ccc2nc(-n3c(O)c[nH]c3=S)sc2c1. The van der Waals surface area contributed by atoms with Gasteiger partial charge in [-0.2, -0.15) is 0 Å². The summed E-state index contributed by atoms with van der Waals surface area (Å²) in [5.74, 6) is 0.825. The molecule has 3 rings (SSSR count). The number of ether oxygens (including phenoxy) is 1. The van der Waals surface area contributed by atoms with Crippen LogP contribution in [0.1, 0.15) is 0 Å². The first-order valence-corrected chi connectivity index (χ1v) is 6.36. The first kappa shape index (κ1) is 11.2. The van der Waals surface area contributed by atoms with Crippen molar-refractivity contribution in [2.24, 2.45) is 0 Å². The first-order chi connectivity index (χ1) is 8.69. The van der Waals surface area contributed by atoms with Crippen molar-refractivity contribution in [3.05, 3.63) is 29.2 Å². The number of nitrogens with zero attached hydrogens (tertiary/aromatic N) is 2. The molecule has 0 atom stereocenters. The van der Waals surface area contributed by atoms with Crippen LogP contribution < -0.4 is 4.74 Å². The number of imidazole rings is 1. The van der Waals surface area contributed by atoms with Crippen molar-refractivity contribution in [2.75, 3.05) is 7.11 Å². The zero-order valence-corrected chi connectivity index (χ0v) is 11.0. The Hall–Kier alpha value is -1.86. The Morgan fingerprint density at radius 2 is 2.33 bits per heavy atom. The van der Waals surface area contributed by atoms with Crippen molar-refractivity contribution in [1.29, 1.82) is 0 Å². The number of aromatic hydroxyl groups is 1. The average molecular weight is 279 g/mol. The third-order valence-electron chi connectivity index (χ3n) is 2.53. The molecule has 2 aromatic heterocycles. The van der Waals surface area contributed by atoms with E-state index in [0.717, 1.165) is 16.0 Å². The third-order valence-corrected chi connectivity index (χ3v) is 3.84. The van der Waals surface area contributed by atoms with E-state index < -0.39 is 0 Å². The van der Waals surface area contributed by atoms with E-state index >= 15 is 0 Å². The molecule has 0 aliphatic heterocycles. The van der Waals surface area contributed by atoms with Gasteiger partial charge in [0.25, 0.3) is 0 Å². The molecule has 7 heteroatoms. The van der Waals surface area contributed by atoms with E-state index in [1.165, 1.54) is 22.1 Å². The minimum Gasteiger partial charge on any atom is -0.497 e. The summed E-state index contributed by atoms with van der Waals surface area (Å²) in [4.78, 5) is 7.20. The Morgan fingerprint density at radius 1 is 1.50 bits per heavy atom. The number of hydrogen-bond acceptors (Lipinski definition) is 5. The van der Waals surface area contributed by atoms with Crippen molar-refractivity contribution >= 4 is 33.8 Å². The summed E-state index contributed by atoms with van der Waals surface area (Å²) >= 11 is 6.54. The normalized spacial score (nSPS) is 10.9. The van der Waals surface area contributed by atoms with Gasteiger partial charge in [-0.15, -0.1) is 0 Å². The maximum Gasteiger partial charge on any atom is 0.216 e. The van der Waals surface area contributed by atoms with Crippen LogP contribution in [-0.4, -0.2) is 26.8 Å². The van der Waals surface area contributed by atoms with E-state index in [2.05, 4.69) is 9.97 Å². The standard InChI is InChI=1S/C11H9N3O2S2/c1-16-6-2-3-7-8(4-6)18-11(13-7)14-9(15)5-12-10(14)17/h2-5,15H,1H3,(H,12,17). The molecule has 0 amide bonds. The summed E-state index contributed by atoms with van der Waals surface area (Å²) in [7, 11) is 1.62. The number of thiazole rings is 1. The van der Waals surface area contributed by atoms with Crippen molar-refractivity contribution < 1.29 is 9.84 Å². The lowest BCUT2D eigenvalue weighted by Crippen LogP contribution is -1.91. The largest absolute Gasteiger partial charge is 0.497 e. The molecule has 0 aliphatic carbocycles. The van der Waals surface area contributed by atoms with E-state index in [1.54, 1.807) is 7.11 Å². The number of benzene rings is 1. The van der Waals surface area contributed by atoms with Gasteiger partial charge in [-0.05, 0) is 30.4 Å². The maximum atomic E-state index is 9.72. The molecule has 5 nitrogen and oxygen atoms in total. The van der Waals surface area contributed by atoms with Crippen molar-refractivity contribution in [2.45, 2.75) is 0 Å². The van der Waals surface area contributed by atoms with Crippen LogP contribution in [0.5, 0.6) is 11.6 Å². The Bertz CT molecular complexity index is 772. The molecule has 18 heavy (non-hydrogen) atoms. The van der Waals surface area contributed by atoms with Gasteiger partial charge >= 0.3 is 0 Å². The summed E-state index contributed by atoms with van der Waals surface area (Å²) in [6, 6.07) is 5.63. The summed E-state index contributed by atoms with van der Waals surface area (Å²) in [5, 5.41) is 10.3. The number of aromatic nitrogens is 3. The molecule has 0 spiro atoms. The molecule has 0 unspecified atom stereocenters. The van der Waals surface area contributed by atoms with Gasteiger partial charge in [-0.25, -0.2) is 9.55 Å². The molecule has 0 radical (unpaired) electrons. The van der Waals surface area contributed by atoms with Gasteiger partial charge in [-0.1, -0.05) is 11.3 Å². The quantitative estimate of drug-likeness (QED) is 0.708. The number of aromatic amines is 1. The van der Waals surface area contributed by atoms with E-state index in [1.807, 2.05) is 18.2 Å². The van der Waals surface area contributed by atoms with Crippen LogP contribution in [0.25, 0.3) is 15.3 Å². The van der Waals surface area contributed by atoms with E-state index in [9.17, 15) is 5.11 Å². The second kappa shape index (κ2) is 4.11. The molecule has 0 aliphatic rings. The zero-order valence-electron chi connectivity index (χ0n) is 9.38. The number of methoxy groups -OCH3 is 1. The molecular weight excluding hydrogens is 270 g/mol. The lowest BCUT2D eigenvalue weighted by atomic mass is 10.3. The summed E-state index contributed by atoms with van der Waals surface area (Å²) in [5.41, 5.74) is 0.846. The molecule has 0 bridgehead atoms. The Labute approximate surface area is 111 Å². The fourth-order valence-corrected chi connectivity index (χ4v) is 2.97.